The van der Waals surface area contributed by atoms with Crippen LogP contribution in [0.2, 0.25) is 0 Å². The van der Waals surface area contributed by atoms with E-state index in [-0.39, 0.29) is 58.6 Å². The van der Waals surface area contributed by atoms with Gasteiger partial charge in [0, 0.05) is 0 Å². The standard InChI is InChI=1S/C3H6O.K.H/c1-3(2)4;;/h1-2H3;;/q;+1;-1. The van der Waals surface area contributed by atoms with Crippen LogP contribution in [0, 0.1) is 0 Å². The van der Waals surface area contributed by atoms with Crippen LogP contribution >= 0.6 is 0 Å². The molecule has 0 fully saturated rings. The Morgan fingerprint density at radius 1 is 1.60 bits per heavy atom. The quantitative estimate of drug-likeness (QED) is 0.312. The third kappa shape index (κ3) is 34.0. The molecule has 0 radical (unpaired) electrons. The first kappa shape index (κ1) is 9.58. The van der Waals surface area contributed by atoms with E-state index >= 15 is 0 Å². The molecule has 0 aliphatic rings. The number of hydrogen-bond acceptors (Lipinski definition) is 1. The summed E-state index contributed by atoms with van der Waals surface area (Å²) in [6.45, 7) is 3.06. The Labute approximate surface area is 76.0 Å². The zero-order chi connectivity index (χ0) is 3.58. The second kappa shape index (κ2) is 5.31. The van der Waals surface area contributed by atoms with Crippen molar-refractivity contribution in [3.63, 3.8) is 0 Å². The van der Waals surface area contributed by atoms with E-state index in [1.54, 1.807) is 0 Å². The van der Waals surface area contributed by atoms with Crippen LogP contribution in [-0.2, 0) is 4.79 Å². The van der Waals surface area contributed by atoms with Crippen molar-refractivity contribution >= 4 is 5.78 Å². The van der Waals surface area contributed by atoms with Crippen LogP contribution in [-0.4, -0.2) is 5.78 Å². The van der Waals surface area contributed by atoms with Crippen LogP contribution in [0.5, 0.6) is 0 Å². The van der Waals surface area contributed by atoms with Crippen molar-refractivity contribution in [2.75, 3.05) is 0 Å². The predicted molar refractivity (Wildman–Crippen MR) is 17.5 cm³/mol. The second-order valence-electron chi connectivity index (χ2n) is 0.908. The van der Waals surface area contributed by atoms with Crippen molar-refractivity contribution in [3.05, 3.63) is 0 Å². The molecule has 0 aromatic heterocycles. The van der Waals surface area contributed by atoms with Gasteiger partial charge in [-0.2, -0.15) is 0 Å². The third-order valence-electron chi connectivity index (χ3n) is 0. The maximum Gasteiger partial charge on any atom is 1.00 e. The van der Waals surface area contributed by atoms with Gasteiger partial charge in [0.15, 0.2) is 0 Å². The van der Waals surface area contributed by atoms with Crippen molar-refractivity contribution in [2.45, 2.75) is 13.8 Å². The predicted octanol–water partition coefficient (Wildman–Crippen LogP) is -2.29. The summed E-state index contributed by atoms with van der Waals surface area (Å²) in [6, 6.07) is 0. The summed E-state index contributed by atoms with van der Waals surface area (Å²) in [5.74, 6) is 0.167. The van der Waals surface area contributed by atoms with Gasteiger partial charge in [-0.25, -0.2) is 0 Å². The third-order valence-corrected chi connectivity index (χ3v) is 0. The van der Waals surface area contributed by atoms with E-state index in [0.29, 0.717) is 0 Å². The van der Waals surface area contributed by atoms with E-state index in [1.165, 1.54) is 13.8 Å². The van der Waals surface area contributed by atoms with Gasteiger partial charge in [0.2, 0.25) is 0 Å². The molecule has 5 heavy (non-hydrogen) atoms. The van der Waals surface area contributed by atoms with Crippen molar-refractivity contribution in [3.8, 4) is 0 Å². The van der Waals surface area contributed by atoms with Crippen LogP contribution in [0.1, 0.15) is 15.3 Å². The summed E-state index contributed by atoms with van der Waals surface area (Å²) in [5, 5.41) is 0. The Kier molecular flexibility index (Phi) is 10.2. The molecule has 0 N–H and O–H groups in total. The fourth-order valence-electron chi connectivity index (χ4n) is 0. The van der Waals surface area contributed by atoms with Gasteiger partial charge in [0.25, 0.3) is 0 Å². The summed E-state index contributed by atoms with van der Waals surface area (Å²) < 4.78 is 0. The Morgan fingerprint density at radius 2 is 1.60 bits per heavy atom. The molecule has 2 heteroatoms. The van der Waals surface area contributed by atoms with Gasteiger partial charge in [0.1, 0.15) is 5.78 Å². The fraction of sp³-hybridized carbons (Fsp3) is 0.667. The number of ketones is 1. The first-order chi connectivity index (χ1) is 1.73. The normalized spacial score (nSPS) is 5.20. The fourth-order valence-corrected chi connectivity index (χ4v) is 0. The van der Waals surface area contributed by atoms with Crippen LogP contribution < -0.4 is 51.4 Å². The minimum absolute atomic E-state index is 0. The average molecular weight is 98.2 g/mol. The number of hydrogen-bond donors (Lipinski definition) is 0. The Balaban J connectivity index is -0.0000000450. The summed E-state index contributed by atoms with van der Waals surface area (Å²) in [6.07, 6.45) is 0. The minimum atomic E-state index is 0. The molecule has 0 aliphatic heterocycles. The smallest absolute Gasteiger partial charge is 1.00 e. The van der Waals surface area contributed by atoms with E-state index in [4.69, 9.17) is 0 Å². The van der Waals surface area contributed by atoms with Crippen molar-refractivity contribution < 1.29 is 57.6 Å². The SMILES string of the molecule is CC(C)=O.[H-].[K+]. The molecule has 0 aliphatic carbocycles. The molecule has 0 rings (SSSR count). The van der Waals surface area contributed by atoms with Gasteiger partial charge >= 0.3 is 51.4 Å². The van der Waals surface area contributed by atoms with Gasteiger partial charge in [-0.15, -0.1) is 0 Å². The monoisotopic (exact) mass is 98.0 g/mol. The maximum atomic E-state index is 9.44. The molecule has 0 aromatic rings. The molecule has 0 amide bonds. The number of carbonyl (C=O) groups is 1. The van der Waals surface area contributed by atoms with E-state index in [0.717, 1.165) is 0 Å². The largest absolute Gasteiger partial charge is 1.00 e. The summed E-state index contributed by atoms with van der Waals surface area (Å²) in [7, 11) is 0. The Bertz CT molecular complexity index is 33.8. The maximum absolute atomic E-state index is 9.44. The number of Topliss-reactive ketones (excluding diaryl/α,β-unsaturated/α-hetero) is 1. The molecule has 0 aromatic carbocycles. The number of rotatable bonds is 0. The molecule has 0 saturated heterocycles. The van der Waals surface area contributed by atoms with E-state index in [2.05, 4.69) is 0 Å². The van der Waals surface area contributed by atoms with Gasteiger partial charge in [-0.1, -0.05) is 0 Å². The van der Waals surface area contributed by atoms with Crippen molar-refractivity contribution in [2.24, 2.45) is 0 Å². The zero-order valence-corrected chi connectivity index (χ0v) is 7.03. The molecule has 0 spiro atoms. The molecule has 26 valence electrons. The van der Waals surface area contributed by atoms with Crippen LogP contribution in [0.4, 0.5) is 0 Å². The molecule has 0 unspecified atom stereocenters. The summed E-state index contributed by atoms with van der Waals surface area (Å²) in [4.78, 5) is 9.44. The Morgan fingerprint density at radius 3 is 1.60 bits per heavy atom. The van der Waals surface area contributed by atoms with Gasteiger partial charge in [0.05, 0.1) is 0 Å². The van der Waals surface area contributed by atoms with Gasteiger partial charge in [-0.05, 0) is 13.8 Å². The second-order valence-corrected chi connectivity index (χ2v) is 0.908. The van der Waals surface area contributed by atoms with Crippen molar-refractivity contribution in [1.29, 1.82) is 0 Å². The summed E-state index contributed by atoms with van der Waals surface area (Å²) >= 11 is 0. The molecular formula is C3H7KO. The molecule has 0 saturated carbocycles. The topological polar surface area (TPSA) is 17.1 Å². The van der Waals surface area contributed by atoms with Gasteiger partial charge < -0.3 is 6.22 Å². The molecule has 1 nitrogen and oxygen atoms in total. The molecule has 0 heterocycles. The first-order valence-corrected chi connectivity index (χ1v) is 1.20. The first-order valence-electron chi connectivity index (χ1n) is 1.20. The molecular weight excluding hydrogens is 91.1 g/mol. The summed E-state index contributed by atoms with van der Waals surface area (Å²) in [5.41, 5.74) is 0. The van der Waals surface area contributed by atoms with Crippen LogP contribution in [0.3, 0.4) is 0 Å². The van der Waals surface area contributed by atoms with E-state index in [1.807, 2.05) is 0 Å². The Hall–Kier alpha value is 1.31. The number of carbonyl (C=O) groups excluding carboxylic acids is 1. The van der Waals surface area contributed by atoms with E-state index in [9.17, 15) is 4.79 Å². The average Bonchev–Trinajstić information content (AvgIpc) is 0.811. The van der Waals surface area contributed by atoms with E-state index < -0.39 is 0 Å². The molecule has 0 bridgehead atoms. The van der Waals surface area contributed by atoms with Crippen LogP contribution in [0.15, 0.2) is 0 Å². The molecule has 0 atom stereocenters. The van der Waals surface area contributed by atoms with Gasteiger partial charge in [-0.3, -0.25) is 0 Å². The zero-order valence-electron chi connectivity index (χ0n) is 4.91. The van der Waals surface area contributed by atoms with Crippen molar-refractivity contribution in [1.82, 2.24) is 0 Å². The van der Waals surface area contributed by atoms with Crippen LogP contribution in [0.25, 0.3) is 0 Å². The minimum Gasteiger partial charge on any atom is -1.00 e.